The molecule has 0 spiro atoms. The number of carboxylic acid groups (broad SMARTS) is 1. The molecule has 0 amide bonds. The molecule has 0 aliphatic carbocycles. The molecule has 0 heterocycles. The van der Waals surface area contributed by atoms with E-state index in [0.717, 1.165) is 12.5 Å². The first kappa shape index (κ1) is 29.6. The van der Waals surface area contributed by atoms with Crippen LogP contribution in [0.3, 0.4) is 0 Å². The Morgan fingerprint density at radius 2 is 1.30 bits per heavy atom. The summed E-state index contributed by atoms with van der Waals surface area (Å²) in [7, 11) is -8.23. The summed E-state index contributed by atoms with van der Waals surface area (Å²) in [6, 6.07) is 0.807. The van der Waals surface area contributed by atoms with Crippen molar-refractivity contribution in [3.63, 3.8) is 0 Å². The van der Waals surface area contributed by atoms with Gasteiger partial charge in [0.15, 0.2) is 16.6 Å². The van der Waals surface area contributed by atoms with Crippen LogP contribution in [-0.4, -0.2) is 70.6 Å². The third-order valence-electron chi connectivity index (χ3n) is 3.49. The lowest BCUT2D eigenvalue weighted by molar-refractivity contribution is -0.148. The summed E-state index contributed by atoms with van der Waals surface area (Å²) in [5.41, 5.74) is 0. The Balaban J connectivity index is 4.47. The highest BCUT2D eigenvalue weighted by atomic mass is 28.5. The lowest BCUT2D eigenvalue weighted by atomic mass is 10.3. The number of aliphatic carboxylic acids is 1. The van der Waals surface area contributed by atoms with Crippen molar-refractivity contribution in [1.29, 1.82) is 0 Å². The monoisotopic (exact) mass is 498 g/mol. The van der Waals surface area contributed by atoms with Crippen LogP contribution in [0.4, 0.5) is 0 Å². The van der Waals surface area contributed by atoms with Gasteiger partial charge in [-0.05, 0) is 71.4 Å². The fraction of sp³-hybridized carbons (Fsp3) is 0.889. The maximum absolute atomic E-state index is 11.4. The Morgan fingerprint density at radius 1 is 0.733 bits per heavy atom. The molecule has 1 unspecified atom stereocenters. The summed E-state index contributed by atoms with van der Waals surface area (Å²) >= 11 is 0. The largest absolute Gasteiger partial charge is 0.481 e. The molecule has 0 saturated heterocycles. The second-order valence-electron chi connectivity index (χ2n) is 9.89. The fourth-order valence-corrected chi connectivity index (χ4v) is 21.1. The molecular formula is C18H42O8Si4. The Hall–Kier alpha value is -0.352. The Labute approximate surface area is 186 Å². The molecule has 30 heavy (non-hydrogen) atoms. The molecule has 0 aromatic carbocycles. The molecule has 12 heteroatoms. The fourth-order valence-electron chi connectivity index (χ4n) is 3.14. The Morgan fingerprint density at radius 3 is 1.80 bits per heavy atom. The summed E-state index contributed by atoms with van der Waals surface area (Å²) in [5.74, 6) is -1.54. The molecule has 1 N–H and O–H groups in total. The first-order chi connectivity index (χ1) is 13.4. The SMILES string of the molecule is C[Si](C)(C)O[Si](C)(C)O[Si](C)(CCCOCCOC(=O)CCC(=O)O)O[Si](C)(C)C. The quantitative estimate of drug-likeness (QED) is 0.191. The van der Waals surface area contributed by atoms with Crippen molar-refractivity contribution in [3.8, 4) is 0 Å². The zero-order valence-corrected chi connectivity index (χ0v) is 24.3. The maximum Gasteiger partial charge on any atom is 0.315 e. The highest BCUT2D eigenvalue weighted by molar-refractivity contribution is 6.89. The van der Waals surface area contributed by atoms with Crippen molar-refractivity contribution in [2.24, 2.45) is 0 Å². The van der Waals surface area contributed by atoms with Crippen molar-refractivity contribution in [2.45, 2.75) is 84.2 Å². The van der Waals surface area contributed by atoms with Crippen LogP contribution in [0.5, 0.6) is 0 Å². The molecule has 178 valence electrons. The third kappa shape index (κ3) is 17.3. The van der Waals surface area contributed by atoms with Crippen LogP contribution in [0, 0.1) is 0 Å². The van der Waals surface area contributed by atoms with E-state index in [1.54, 1.807) is 0 Å². The summed E-state index contributed by atoms with van der Waals surface area (Å²) in [6.07, 6.45) is 0.447. The van der Waals surface area contributed by atoms with Gasteiger partial charge in [-0.15, -0.1) is 0 Å². The van der Waals surface area contributed by atoms with Crippen molar-refractivity contribution >= 4 is 45.7 Å². The second-order valence-corrected chi connectivity index (χ2v) is 26.4. The van der Waals surface area contributed by atoms with Crippen LogP contribution in [0.1, 0.15) is 19.3 Å². The lowest BCUT2D eigenvalue weighted by Crippen LogP contribution is -2.56. The molecular weight excluding hydrogens is 457 g/mol. The smallest absolute Gasteiger partial charge is 0.315 e. The van der Waals surface area contributed by atoms with Gasteiger partial charge in [-0.2, -0.15) is 0 Å². The van der Waals surface area contributed by atoms with Crippen molar-refractivity contribution in [3.05, 3.63) is 0 Å². The van der Waals surface area contributed by atoms with Crippen LogP contribution in [0.2, 0.25) is 65.0 Å². The van der Waals surface area contributed by atoms with Gasteiger partial charge in [0.25, 0.3) is 0 Å². The molecule has 0 aliphatic rings. The number of carbonyl (C=O) groups excluding carboxylic acids is 1. The molecule has 8 nitrogen and oxygen atoms in total. The zero-order valence-electron chi connectivity index (χ0n) is 20.3. The minimum atomic E-state index is -2.43. The number of rotatable bonds is 16. The molecule has 0 fully saturated rings. The number of hydrogen-bond acceptors (Lipinski definition) is 7. The lowest BCUT2D eigenvalue weighted by Gasteiger charge is -2.41. The maximum atomic E-state index is 11.4. The zero-order chi connectivity index (χ0) is 23.6. The Kier molecular flexibility index (Phi) is 12.5. The first-order valence-electron chi connectivity index (χ1n) is 10.5. The van der Waals surface area contributed by atoms with E-state index in [2.05, 4.69) is 58.9 Å². The highest BCUT2D eigenvalue weighted by Gasteiger charge is 2.44. The molecule has 0 saturated carbocycles. The second kappa shape index (κ2) is 12.6. The molecule has 0 bridgehead atoms. The van der Waals surface area contributed by atoms with E-state index in [1.165, 1.54) is 0 Å². The Bertz CT molecular complexity index is 545. The predicted molar refractivity (Wildman–Crippen MR) is 127 cm³/mol. The molecule has 0 aliphatic heterocycles. The van der Waals surface area contributed by atoms with E-state index in [-0.39, 0.29) is 26.1 Å². The van der Waals surface area contributed by atoms with Crippen molar-refractivity contribution in [1.82, 2.24) is 0 Å². The summed E-state index contributed by atoms with van der Waals surface area (Å²) < 4.78 is 30.0. The predicted octanol–water partition coefficient (Wildman–Crippen LogP) is 4.29. The van der Waals surface area contributed by atoms with Gasteiger partial charge < -0.3 is 26.9 Å². The van der Waals surface area contributed by atoms with Gasteiger partial charge in [-0.25, -0.2) is 0 Å². The van der Waals surface area contributed by atoms with E-state index in [9.17, 15) is 9.59 Å². The van der Waals surface area contributed by atoms with E-state index in [0.29, 0.717) is 6.61 Å². The van der Waals surface area contributed by atoms with Crippen LogP contribution in [0.25, 0.3) is 0 Å². The number of carbonyl (C=O) groups is 2. The van der Waals surface area contributed by atoms with Crippen LogP contribution >= 0.6 is 0 Å². The standard InChI is InChI=1S/C18H42O8Si4/c1-27(2,3)24-29(7,8)26-30(9,25-28(4,5)6)16-10-13-22-14-15-23-18(21)12-11-17(19)20/h10-16H2,1-9H3,(H,19,20). The van der Waals surface area contributed by atoms with Gasteiger partial charge in [0.05, 0.1) is 19.4 Å². The van der Waals surface area contributed by atoms with Crippen LogP contribution < -0.4 is 0 Å². The van der Waals surface area contributed by atoms with E-state index in [4.69, 9.17) is 26.9 Å². The van der Waals surface area contributed by atoms with E-state index < -0.39 is 45.7 Å². The van der Waals surface area contributed by atoms with Crippen LogP contribution in [0.15, 0.2) is 0 Å². The molecule has 0 aromatic heterocycles. The number of carboxylic acids is 1. The topological polar surface area (TPSA) is 101 Å². The summed E-state index contributed by atoms with van der Waals surface area (Å²) in [4.78, 5) is 21.8. The van der Waals surface area contributed by atoms with Gasteiger partial charge in [0.2, 0.25) is 0 Å². The van der Waals surface area contributed by atoms with Gasteiger partial charge in [-0.1, -0.05) is 0 Å². The molecule has 0 rings (SSSR count). The normalized spacial score (nSPS) is 15.0. The van der Waals surface area contributed by atoms with E-state index >= 15 is 0 Å². The number of hydrogen-bond donors (Lipinski definition) is 1. The highest BCUT2D eigenvalue weighted by Crippen LogP contribution is 2.27. The van der Waals surface area contributed by atoms with E-state index in [1.807, 2.05) is 0 Å². The molecule has 0 radical (unpaired) electrons. The minimum absolute atomic E-state index is 0.121. The summed E-state index contributed by atoms with van der Waals surface area (Å²) in [6.45, 7) is 20.3. The number of ether oxygens (including phenoxy) is 2. The van der Waals surface area contributed by atoms with Gasteiger partial charge >= 0.3 is 29.1 Å². The average Bonchev–Trinajstić information content (AvgIpc) is 2.46. The summed E-state index contributed by atoms with van der Waals surface area (Å²) in [5, 5.41) is 8.54. The van der Waals surface area contributed by atoms with Gasteiger partial charge in [0, 0.05) is 6.61 Å². The van der Waals surface area contributed by atoms with Crippen molar-refractivity contribution in [2.75, 3.05) is 19.8 Å². The van der Waals surface area contributed by atoms with Crippen molar-refractivity contribution < 1.29 is 36.5 Å². The third-order valence-corrected chi connectivity index (χ3v) is 17.0. The molecule has 0 aromatic rings. The van der Waals surface area contributed by atoms with Crippen LogP contribution in [-0.2, 0) is 31.4 Å². The van der Waals surface area contributed by atoms with Gasteiger partial charge in [0.1, 0.15) is 6.61 Å². The number of esters is 1. The minimum Gasteiger partial charge on any atom is -0.481 e. The average molecular weight is 499 g/mol. The first-order valence-corrected chi connectivity index (χ1v) is 22.6. The molecule has 1 atom stereocenters. The van der Waals surface area contributed by atoms with Gasteiger partial charge in [-0.3, -0.25) is 9.59 Å².